The number of aromatic nitrogens is 1. The molecule has 0 spiro atoms. The number of rotatable bonds is 9. The third-order valence-corrected chi connectivity index (χ3v) is 6.19. The van der Waals surface area contributed by atoms with Gasteiger partial charge in [-0.2, -0.15) is 4.98 Å². The van der Waals surface area contributed by atoms with E-state index in [0.717, 1.165) is 91.6 Å². The number of piperidine rings is 1. The zero-order valence-corrected chi connectivity index (χ0v) is 19.0. The Morgan fingerprint density at radius 2 is 1.28 bits per heavy atom. The molecule has 32 heavy (non-hydrogen) atoms. The summed E-state index contributed by atoms with van der Waals surface area (Å²) in [6, 6.07) is 3.51. The fourth-order valence-corrected chi connectivity index (χ4v) is 4.24. The van der Waals surface area contributed by atoms with Gasteiger partial charge in [-0.25, -0.2) is 0 Å². The van der Waals surface area contributed by atoms with Crippen LogP contribution in [-0.4, -0.2) is 118 Å². The van der Waals surface area contributed by atoms with Gasteiger partial charge >= 0.3 is 0 Å². The topological polar surface area (TPSA) is 76.6 Å². The largest absolute Gasteiger partial charge is 0.476 e. The van der Waals surface area contributed by atoms with Crippen molar-refractivity contribution in [1.29, 1.82) is 0 Å². The molecule has 0 aromatic carbocycles. The van der Waals surface area contributed by atoms with Gasteiger partial charge in [-0.15, -0.1) is 0 Å². The molecule has 3 aliphatic rings. The maximum Gasteiger partial charge on any atom is 0.254 e. The van der Waals surface area contributed by atoms with Crippen molar-refractivity contribution < 1.29 is 23.7 Å². The molecule has 3 saturated heterocycles. The molecule has 9 nitrogen and oxygen atoms in total. The highest BCUT2D eigenvalue weighted by atomic mass is 16.5. The minimum Gasteiger partial charge on any atom is -0.476 e. The number of carbonyl (C=O) groups excluding carboxylic acids is 1. The molecule has 0 radical (unpaired) electrons. The number of carbonyl (C=O) groups is 1. The molecule has 0 atom stereocenters. The predicted octanol–water partition coefficient (Wildman–Crippen LogP) is 1.13. The Labute approximate surface area is 190 Å². The van der Waals surface area contributed by atoms with E-state index in [1.54, 1.807) is 12.1 Å². The quantitative estimate of drug-likeness (QED) is 0.557. The predicted molar refractivity (Wildman–Crippen MR) is 119 cm³/mol. The van der Waals surface area contributed by atoms with Crippen molar-refractivity contribution in [2.75, 3.05) is 92.0 Å². The van der Waals surface area contributed by atoms with E-state index in [4.69, 9.17) is 18.9 Å². The second kappa shape index (κ2) is 12.3. The monoisotopic (exact) mass is 448 g/mol. The molecule has 0 aliphatic carbocycles. The van der Waals surface area contributed by atoms with Gasteiger partial charge in [0.05, 0.1) is 32.0 Å². The van der Waals surface area contributed by atoms with Crippen LogP contribution in [0.5, 0.6) is 11.8 Å². The van der Waals surface area contributed by atoms with E-state index < -0.39 is 0 Å². The molecule has 4 rings (SSSR count). The summed E-state index contributed by atoms with van der Waals surface area (Å²) < 4.78 is 22.7. The standard InChI is InChI=1S/C23H36N4O5/c28-23(27-4-2-1-3-5-27)20-18-21(31-16-10-25-6-12-29-13-7-25)24-22(19-20)32-17-11-26-8-14-30-15-9-26/h18-19H,1-17H2. The molecule has 1 amide bonds. The highest BCUT2D eigenvalue weighted by Crippen LogP contribution is 2.21. The molecule has 1 aromatic rings. The zero-order chi connectivity index (χ0) is 22.0. The Hall–Kier alpha value is -1.94. The number of nitrogens with zero attached hydrogens (tertiary/aromatic N) is 4. The van der Waals surface area contributed by atoms with Crippen LogP contribution >= 0.6 is 0 Å². The molecule has 3 aliphatic heterocycles. The van der Waals surface area contributed by atoms with Gasteiger partial charge in [0.25, 0.3) is 5.91 Å². The number of ether oxygens (including phenoxy) is 4. The molecule has 4 heterocycles. The van der Waals surface area contributed by atoms with Crippen LogP contribution in [0.15, 0.2) is 12.1 Å². The van der Waals surface area contributed by atoms with E-state index in [0.29, 0.717) is 30.5 Å². The van der Waals surface area contributed by atoms with Crippen molar-refractivity contribution in [3.05, 3.63) is 17.7 Å². The average Bonchev–Trinajstić information content (AvgIpc) is 2.85. The van der Waals surface area contributed by atoms with Crippen LogP contribution in [0.1, 0.15) is 29.6 Å². The van der Waals surface area contributed by atoms with Crippen molar-refractivity contribution in [1.82, 2.24) is 19.7 Å². The lowest BCUT2D eigenvalue weighted by Gasteiger charge is -2.27. The second-order valence-electron chi connectivity index (χ2n) is 8.49. The molecule has 9 heteroatoms. The van der Waals surface area contributed by atoms with Crippen LogP contribution in [0.2, 0.25) is 0 Å². The molecule has 0 bridgehead atoms. The van der Waals surface area contributed by atoms with Crippen LogP contribution in [0.4, 0.5) is 0 Å². The summed E-state index contributed by atoms with van der Waals surface area (Å²) in [5.74, 6) is 0.924. The second-order valence-corrected chi connectivity index (χ2v) is 8.49. The van der Waals surface area contributed by atoms with E-state index in [-0.39, 0.29) is 5.91 Å². The summed E-state index contributed by atoms with van der Waals surface area (Å²) >= 11 is 0. The van der Waals surface area contributed by atoms with Crippen molar-refractivity contribution in [2.45, 2.75) is 19.3 Å². The number of pyridine rings is 1. The number of likely N-dealkylation sites (tertiary alicyclic amines) is 1. The zero-order valence-electron chi connectivity index (χ0n) is 19.0. The van der Waals surface area contributed by atoms with Gasteiger partial charge in [0, 0.05) is 64.5 Å². The first-order chi connectivity index (χ1) is 15.8. The third kappa shape index (κ3) is 7.03. The first-order valence-electron chi connectivity index (χ1n) is 11.9. The smallest absolute Gasteiger partial charge is 0.254 e. The Kier molecular flexibility index (Phi) is 8.96. The van der Waals surface area contributed by atoms with E-state index in [9.17, 15) is 4.79 Å². The van der Waals surface area contributed by atoms with Crippen molar-refractivity contribution in [3.8, 4) is 11.8 Å². The van der Waals surface area contributed by atoms with Crippen LogP contribution in [0.25, 0.3) is 0 Å². The van der Waals surface area contributed by atoms with Crippen LogP contribution in [-0.2, 0) is 9.47 Å². The van der Waals surface area contributed by atoms with Gasteiger partial charge in [-0.05, 0) is 19.3 Å². The maximum atomic E-state index is 13.1. The van der Waals surface area contributed by atoms with Crippen LogP contribution in [0.3, 0.4) is 0 Å². The first kappa shape index (κ1) is 23.2. The van der Waals surface area contributed by atoms with Crippen LogP contribution < -0.4 is 9.47 Å². The van der Waals surface area contributed by atoms with Gasteiger partial charge < -0.3 is 23.8 Å². The molecule has 0 N–H and O–H groups in total. The van der Waals surface area contributed by atoms with Gasteiger partial charge in [0.2, 0.25) is 11.8 Å². The highest BCUT2D eigenvalue weighted by Gasteiger charge is 2.21. The summed E-state index contributed by atoms with van der Waals surface area (Å²) in [6.45, 7) is 11.0. The van der Waals surface area contributed by atoms with Crippen molar-refractivity contribution in [3.63, 3.8) is 0 Å². The Bertz CT molecular complexity index is 674. The van der Waals surface area contributed by atoms with Gasteiger partial charge in [0.1, 0.15) is 13.2 Å². The summed E-state index contributed by atoms with van der Waals surface area (Å²) in [5, 5.41) is 0. The maximum absolute atomic E-state index is 13.1. The van der Waals surface area contributed by atoms with E-state index in [1.807, 2.05) is 4.90 Å². The lowest BCUT2D eigenvalue weighted by Crippen LogP contribution is -2.39. The third-order valence-electron chi connectivity index (χ3n) is 6.19. The Morgan fingerprint density at radius 1 is 0.781 bits per heavy atom. The molecule has 178 valence electrons. The average molecular weight is 449 g/mol. The molecule has 1 aromatic heterocycles. The van der Waals surface area contributed by atoms with Crippen LogP contribution in [0, 0.1) is 0 Å². The van der Waals surface area contributed by atoms with Crippen molar-refractivity contribution in [2.24, 2.45) is 0 Å². The van der Waals surface area contributed by atoms with E-state index in [2.05, 4.69) is 14.8 Å². The molecular formula is C23H36N4O5. The van der Waals surface area contributed by atoms with E-state index >= 15 is 0 Å². The van der Waals surface area contributed by atoms with E-state index in [1.165, 1.54) is 6.42 Å². The molecular weight excluding hydrogens is 412 g/mol. The summed E-state index contributed by atoms with van der Waals surface area (Å²) in [6.07, 6.45) is 3.30. The fraction of sp³-hybridized carbons (Fsp3) is 0.739. The van der Waals surface area contributed by atoms with Gasteiger partial charge in [0.15, 0.2) is 0 Å². The number of amides is 1. The number of hydrogen-bond acceptors (Lipinski definition) is 8. The molecule has 0 saturated carbocycles. The lowest BCUT2D eigenvalue weighted by atomic mass is 10.1. The number of morpholine rings is 2. The summed E-state index contributed by atoms with van der Waals surface area (Å²) in [4.78, 5) is 24.2. The Morgan fingerprint density at radius 3 is 1.78 bits per heavy atom. The minimum atomic E-state index is 0.0307. The normalized spacial score (nSPS) is 20.8. The minimum absolute atomic E-state index is 0.0307. The van der Waals surface area contributed by atoms with Gasteiger partial charge in [-0.3, -0.25) is 14.6 Å². The number of hydrogen-bond donors (Lipinski definition) is 0. The summed E-state index contributed by atoms with van der Waals surface area (Å²) in [7, 11) is 0. The first-order valence-corrected chi connectivity index (χ1v) is 11.9. The SMILES string of the molecule is O=C(c1cc(OCCN2CCOCC2)nc(OCCN2CCOCC2)c1)N1CCCCC1. The highest BCUT2D eigenvalue weighted by molar-refractivity contribution is 5.94. The molecule has 3 fully saturated rings. The Balaban J connectivity index is 1.37. The fourth-order valence-electron chi connectivity index (χ4n) is 4.24. The lowest BCUT2D eigenvalue weighted by molar-refractivity contribution is 0.0313. The summed E-state index contributed by atoms with van der Waals surface area (Å²) in [5.41, 5.74) is 0.588. The van der Waals surface area contributed by atoms with Gasteiger partial charge in [-0.1, -0.05) is 0 Å². The molecule has 0 unspecified atom stereocenters. The van der Waals surface area contributed by atoms with Crippen molar-refractivity contribution >= 4 is 5.91 Å².